The lowest BCUT2D eigenvalue weighted by Crippen LogP contribution is -2.29. The summed E-state index contributed by atoms with van der Waals surface area (Å²) in [5.74, 6) is -1.48. The van der Waals surface area contributed by atoms with Crippen molar-refractivity contribution in [3.63, 3.8) is 0 Å². The molecule has 1 fully saturated rings. The van der Waals surface area contributed by atoms with E-state index >= 15 is 0 Å². The molecule has 0 aliphatic carbocycles. The summed E-state index contributed by atoms with van der Waals surface area (Å²) in [6.45, 7) is 0.119. The van der Waals surface area contributed by atoms with E-state index in [1.165, 1.54) is 47.4 Å². The van der Waals surface area contributed by atoms with Crippen molar-refractivity contribution < 1.29 is 27.2 Å². The summed E-state index contributed by atoms with van der Waals surface area (Å²) in [6, 6.07) is 10.7. The minimum absolute atomic E-state index is 0.102. The van der Waals surface area contributed by atoms with Crippen LogP contribution in [0.3, 0.4) is 0 Å². The van der Waals surface area contributed by atoms with Crippen LogP contribution >= 0.6 is 24.0 Å². The number of thiocarbonyl (C=S) groups is 1. The van der Waals surface area contributed by atoms with E-state index in [2.05, 4.69) is 5.32 Å². The summed E-state index contributed by atoms with van der Waals surface area (Å²) < 4.78 is 53.1. The third kappa shape index (κ3) is 5.71. The van der Waals surface area contributed by atoms with Crippen LogP contribution in [0.5, 0.6) is 0 Å². The molecule has 1 aliphatic heterocycles. The number of hydrogen-bond acceptors (Lipinski definition) is 4. The quantitative estimate of drug-likeness (QED) is 0.347. The van der Waals surface area contributed by atoms with Crippen LogP contribution in [0.25, 0.3) is 6.08 Å². The van der Waals surface area contributed by atoms with Crippen molar-refractivity contribution in [3.8, 4) is 0 Å². The highest BCUT2D eigenvalue weighted by Gasteiger charge is 2.34. The maximum absolute atomic E-state index is 13.8. The van der Waals surface area contributed by atoms with Gasteiger partial charge >= 0.3 is 6.18 Å². The molecule has 0 unspecified atom stereocenters. The number of nitrogens with one attached hydrogen (secondary N) is 1. The predicted molar refractivity (Wildman–Crippen MR) is 116 cm³/mol. The van der Waals surface area contributed by atoms with Crippen molar-refractivity contribution >= 4 is 51.9 Å². The number of thioether (sulfide) groups is 1. The normalized spacial score (nSPS) is 15.6. The molecule has 0 spiro atoms. The number of hydrogen-bond donors (Lipinski definition) is 1. The Hall–Kier alpha value is -2.72. The highest BCUT2D eigenvalue weighted by molar-refractivity contribution is 8.26. The second-order valence-electron chi connectivity index (χ2n) is 6.55. The number of alkyl halides is 3. The predicted octanol–water partition coefficient (Wildman–Crippen LogP) is 5.46. The fraction of sp³-hybridized carbons (Fsp3) is 0.190. The van der Waals surface area contributed by atoms with Crippen LogP contribution in [0.4, 0.5) is 23.2 Å². The molecule has 10 heteroatoms. The number of rotatable bonds is 6. The topological polar surface area (TPSA) is 49.4 Å². The van der Waals surface area contributed by atoms with E-state index in [4.69, 9.17) is 12.2 Å². The Balaban J connectivity index is 1.58. The third-order valence-electron chi connectivity index (χ3n) is 4.36. The van der Waals surface area contributed by atoms with Crippen LogP contribution in [0.2, 0.25) is 0 Å². The summed E-state index contributed by atoms with van der Waals surface area (Å²) in [5, 5.41) is 2.26. The SMILES string of the molecule is O=C(CCCN1C(=O)/C(=C/c2ccccc2F)SC1=S)Nc1ccccc1C(F)(F)F. The number of amides is 2. The zero-order valence-corrected chi connectivity index (χ0v) is 17.5. The first-order chi connectivity index (χ1) is 14.7. The van der Waals surface area contributed by atoms with Crippen molar-refractivity contribution in [2.75, 3.05) is 11.9 Å². The van der Waals surface area contributed by atoms with Gasteiger partial charge in [-0.1, -0.05) is 54.3 Å². The van der Waals surface area contributed by atoms with Crippen molar-refractivity contribution in [1.29, 1.82) is 0 Å². The molecule has 4 nitrogen and oxygen atoms in total. The van der Waals surface area contributed by atoms with E-state index in [0.717, 1.165) is 17.8 Å². The van der Waals surface area contributed by atoms with Gasteiger partial charge < -0.3 is 5.32 Å². The largest absolute Gasteiger partial charge is 0.418 e. The van der Waals surface area contributed by atoms with Gasteiger partial charge in [0.2, 0.25) is 5.91 Å². The van der Waals surface area contributed by atoms with Crippen LogP contribution in [-0.4, -0.2) is 27.6 Å². The highest BCUT2D eigenvalue weighted by atomic mass is 32.2. The van der Waals surface area contributed by atoms with Gasteiger partial charge in [-0.25, -0.2) is 4.39 Å². The summed E-state index contributed by atoms with van der Waals surface area (Å²) in [4.78, 5) is 26.2. The summed E-state index contributed by atoms with van der Waals surface area (Å²) in [7, 11) is 0. The smallest absolute Gasteiger partial charge is 0.326 e. The first-order valence-electron chi connectivity index (χ1n) is 9.13. The van der Waals surface area contributed by atoms with Gasteiger partial charge in [0, 0.05) is 18.5 Å². The molecule has 2 amide bonds. The molecule has 1 aliphatic rings. The number of para-hydroxylation sites is 1. The van der Waals surface area contributed by atoms with E-state index in [0.29, 0.717) is 0 Å². The van der Waals surface area contributed by atoms with E-state index in [1.54, 1.807) is 6.07 Å². The van der Waals surface area contributed by atoms with Crippen molar-refractivity contribution in [2.45, 2.75) is 19.0 Å². The lowest BCUT2D eigenvalue weighted by Gasteiger charge is -2.15. The Morgan fingerprint density at radius 1 is 1.13 bits per heavy atom. The average molecular weight is 468 g/mol. The molecule has 0 aromatic heterocycles. The Labute approximate surface area is 185 Å². The Bertz CT molecular complexity index is 1050. The second kappa shape index (κ2) is 9.61. The first-order valence-corrected chi connectivity index (χ1v) is 10.4. The molecule has 162 valence electrons. The fourth-order valence-corrected chi connectivity index (χ4v) is 4.18. The number of halogens is 4. The van der Waals surface area contributed by atoms with Crippen molar-refractivity contribution in [1.82, 2.24) is 4.90 Å². The zero-order chi connectivity index (χ0) is 22.6. The Morgan fingerprint density at radius 2 is 1.81 bits per heavy atom. The average Bonchev–Trinajstić information content (AvgIpc) is 2.96. The van der Waals surface area contributed by atoms with Gasteiger partial charge in [0.1, 0.15) is 10.1 Å². The Kier molecular flexibility index (Phi) is 7.11. The second-order valence-corrected chi connectivity index (χ2v) is 8.23. The molecule has 0 saturated carbocycles. The fourth-order valence-electron chi connectivity index (χ4n) is 2.88. The number of benzene rings is 2. The molecular formula is C21H16F4N2O2S2. The molecule has 2 aromatic carbocycles. The molecule has 31 heavy (non-hydrogen) atoms. The third-order valence-corrected chi connectivity index (χ3v) is 5.74. The molecular weight excluding hydrogens is 452 g/mol. The molecule has 1 N–H and O–H groups in total. The monoisotopic (exact) mass is 468 g/mol. The maximum atomic E-state index is 13.8. The lowest BCUT2D eigenvalue weighted by molar-refractivity contribution is -0.137. The van der Waals surface area contributed by atoms with E-state index in [-0.39, 0.29) is 39.9 Å². The van der Waals surface area contributed by atoms with Gasteiger partial charge in [-0.15, -0.1) is 0 Å². The van der Waals surface area contributed by atoms with E-state index < -0.39 is 29.4 Å². The molecule has 0 radical (unpaired) electrons. The minimum Gasteiger partial charge on any atom is -0.326 e. The number of anilines is 1. The van der Waals surface area contributed by atoms with Crippen molar-refractivity contribution in [3.05, 3.63) is 70.4 Å². The van der Waals surface area contributed by atoms with Crippen molar-refractivity contribution in [2.24, 2.45) is 0 Å². The van der Waals surface area contributed by atoms with Crippen LogP contribution in [-0.2, 0) is 15.8 Å². The van der Waals surface area contributed by atoms with E-state index in [9.17, 15) is 27.2 Å². The van der Waals surface area contributed by atoms with Crippen LogP contribution in [0.1, 0.15) is 24.0 Å². The zero-order valence-electron chi connectivity index (χ0n) is 15.9. The summed E-state index contributed by atoms with van der Waals surface area (Å²) in [5.41, 5.74) is -0.997. The van der Waals surface area contributed by atoms with Crippen LogP contribution < -0.4 is 5.32 Å². The Morgan fingerprint density at radius 3 is 2.52 bits per heavy atom. The minimum atomic E-state index is -4.59. The number of carbonyl (C=O) groups excluding carboxylic acids is 2. The maximum Gasteiger partial charge on any atom is 0.418 e. The standard InChI is InChI=1S/C21H16F4N2O2S2/c22-15-8-3-1-6-13(15)12-17-19(29)27(20(30)31-17)11-5-10-18(28)26-16-9-4-2-7-14(16)21(23,24)25/h1-4,6-9,12H,5,10-11H2,(H,26,28)/b17-12-. The lowest BCUT2D eigenvalue weighted by atomic mass is 10.1. The first kappa shape index (κ1) is 23.0. The molecule has 0 atom stereocenters. The van der Waals surface area contributed by atoms with Gasteiger partial charge in [-0.05, 0) is 30.7 Å². The van der Waals surface area contributed by atoms with Gasteiger partial charge in [0.05, 0.1) is 16.2 Å². The van der Waals surface area contributed by atoms with Gasteiger partial charge in [-0.3, -0.25) is 14.5 Å². The summed E-state index contributed by atoms with van der Waals surface area (Å²) in [6.07, 6.45) is -3.08. The molecule has 0 bridgehead atoms. The molecule has 3 rings (SSSR count). The van der Waals surface area contributed by atoms with Gasteiger partial charge in [0.15, 0.2) is 0 Å². The number of carbonyl (C=O) groups is 2. The summed E-state index contributed by atoms with van der Waals surface area (Å²) >= 11 is 6.22. The van der Waals surface area contributed by atoms with Gasteiger partial charge in [-0.2, -0.15) is 13.2 Å². The van der Waals surface area contributed by atoms with E-state index in [1.807, 2.05) is 0 Å². The molecule has 1 saturated heterocycles. The van der Waals surface area contributed by atoms with Gasteiger partial charge in [0.25, 0.3) is 5.91 Å². The highest BCUT2D eigenvalue weighted by Crippen LogP contribution is 2.35. The molecule has 1 heterocycles. The van der Waals surface area contributed by atoms with Crippen LogP contribution in [0.15, 0.2) is 53.4 Å². The molecule has 2 aromatic rings. The number of nitrogens with zero attached hydrogens (tertiary/aromatic N) is 1. The van der Waals surface area contributed by atoms with Crippen LogP contribution in [0, 0.1) is 5.82 Å².